The molecule has 1 aliphatic heterocycles. The van der Waals surface area contributed by atoms with E-state index in [1.807, 2.05) is 11.0 Å². The highest BCUT2D eigenvalue weighted by Gasteiger charge is 2.22. The summed E-state index contributed by atoms with van der Waals surface area (Å²) >= 11 is 0. The van der Waals surface area contributed by atoms with Gasteiger partial charge in [-0.3, -0.25) is 4.79 Å². The molecule has 30 heavy (non-hydrogen) atoms. The molecule has 0 bridgehead atoms. The van der Waals surface area contributed by atoms with Crippen molar-refractivity contribution in [2.24, 2.45) is 0 Å². The van der Waals surface area contributed by atoms with E-state index < -0.39 is 0 Å². The standard InChI is InChI=1S/C20H23N7O3/c21-7-15-30-17-4-2-16(3-5-17)25-20(29)24-10-6-18(28)26-11-13-27(14-12-26)19-22-8-1-9-23-19/h1-5,8-9H,6,10-15H2,(H2,24,25,29). The molecule has 1 fully saturated rings. The van der Waals surface area contributed by atoms with E-state index in [1.54, 1.807) is 47.6 Å². The Kier molecular flexibility index (Phi) is 7.38. The van der Waals surface area contributed by atoms with Gasteiger partial charge in [0.25, 0.3) is 0 Å². The van der Waals surface area contributed by atoms with Crippen LogP contribution in [0, 0.1) is 11.3 Å². The number of rotatable bonds is 7. The van der Waals surface area contributed by atoms with Crippen LogP contribution in [0.1, 0.15) is 6.42 Å². The molecule has 1 aromatic heterocycles. The normalized spacial score (nSPS) is 13.3. The largest absolute Gasteiger partial charge is 0.479 e. The Balaban J connectivity index is 1.34. The van der Waals surface area contributed by atoms with E-state index in [2.05, 4.69) is 20.6 Å². The third-order valence-corrected chi connectivity index (χ3v) is 4.51. The van der Waals surface area contributed by atoms with Crippen LogP contribution < -0.4 is 20.3 Å². The SMILES string of the molecule is N#CCOc1ccc(NC(=O)NCCC(=O)N2CCN(c3ncccn3)CC2)cc1. The molecule has 0 saturated carbocycles. The van der Waals surface area contributed by atoms with Crippen molar-refractivity contribution < 1.29 is 14.3 Å². The van der Waals surface area contributed by atoms with Crippen molar-refractivity contribution in [1.82, 2.24) is 20.2 Å². The van der Waals surface area contributed by atoms with Crippen molar-refractivity contribution in [2.45, 2.75) is 6.42 Å². The highest BCUT2D eigenvalue weighted by atomic mass is 16.5. The van der Waals surface area contributed by atoms with Crippen LogP contribution in [0.2, 0.25) is 0 Å². The summed E-state index contributed by atoms with van der Waals surface area (Å²) in [6.45, 7) is 2.77. The summed E-state index contributed by atoms with van der Waals surface area (Å²) in [4.78, 5) is 36.7. The summed E-state index contributed by atoms with van der Waals surface area (Å²) in [6, 6.07) is 9.94. The smallest absolute Gasteiger partial charge is 0.319 e. The fraction of sp³-hybridized carbons (Fsp3) is 0.350. The van der Waals surface area contributed by atoms with Gasteiger partial charge in [0.05, 0.1) is 0 Å². The van der Waals surface area contributed by atoms with E-state index in [9.17, 15) is 9.59 Å². The van der Waals surface area contributed by atoms with Crippen molar-refractivity contribution >= 4 is 23.6 Å². The first-order valence-corrected chi connectivity index (χ1v) is 9.60. The van der Waals surface area contributed by atoms with E-state index in [0.717, 1.165) is 0 Å². The second-order valence-corrected chi connectivity index (χ2v) is 6.52. The fourth-order valence-corrected chi connectivity index (χ4v) is 2.98. The Morgan fingerprint density at radius 3 is 2.47 bits per heavy atom. The van der Waals surface area contributed by atoms with Gasteiger partial charge in [-0.1, -0.05) is 0 Å². The number of hydrogen-bond acceptors (Lipinski definition) is 7. The number of benzene rings is 1. The number of aromatic nitrogens is 2. The number of anilines is 2. The van der Waals surface area contributed by atoms with E-state index in [0.29, 0.717) is 43.6 Å². The molecular formula is C20H23N7O3. The second kappa shape index (κ2) is 10.6. The summed E-state index contributed by atoms with van der Waals surface area (Å²) in [5.74, 6) is 1.22. The molecule has 10 heteroatoms. The van der Waals surface area contributed by atoms with Gasteiger partial charge in [0, 0.05) is 57.2 Å². The molecule has 1 saturated heterocycles. The molecular weight excluding hydrogens is 386 g/mol. The maximum absolute atomic E-state index is 12.4. The van der Waals surface area contributed by atoms with Gasteiger partial charge in [0.1, 0.15) is 11.8 Å². The fourth-order valence-electron chi connectivity index (χ4n) is 2.98. The van der Waals surface area contributed by atoms with Crippen LogP contribution in [0.3, 0.4) is 0 Å². The third-order valence-electron chi connectivity index (χ3n) is 4.51. The summed E-state index contributed by atoms with van der Waals surface area (Å²) in [5.41, 5.74) is 0.586. The van der Waals surface area contributed by atoms with Gasteiger partial charge in [0.15, 0.2) is 6.61 Å². The number of nitriles is 1. The molecule has 0 spiro atoms. The quantitative estimate of drug-likeness (QED) is 0.705. The third kappa shape index (κ3) is 6.07. The first-order valence-electron chi connectivity index (χ1n) is 9.60. The zero-order valence-electron chi connectivity index (χ0n) is 16.5. The summed E-state index contributed by atoms with van der Waals surface area (Å²) in [6.07, 6.45) is 3.64. The Hall–Kier alpha value is -3.87. The first-order chi connectivity index (χ1) is 14.7. The number of urea groups is 1. The minimum Gasteiger partial charge on any atom is -0.479 e. The number of ether oxygens (including phenoxy) is 1. The predicted octanol–water partition coefficient (Wildman–Crippen LogP) is 1.24. The molecule has 0 unspecified atom stereocenters. The van der Waals surface area contributed by atoms with Gasteiger partial charge >= 0.3 is 6.03 Å². The van der Waals surface area contributed by atoms with Crippen LogP contribution in [0.4, 0.5) is 16.4 Å². The lowest BCUT2D eigenvalue weighted by atomic mass is 10.3. The molecule has 3 amide bonds. The molecule has 1 aliphatic rings. The van der Waals surface area contributed by atoms with E-state index >= 15 is 0 Å². The summed E-state index contributed by atoms with van der Waals surface area (Å²) < 4.78 is 5.15. The number of piperazine rings is 1. The molecule has 0 aliphatic carbocycles. The number of amides is 3. The number of carbonyl (C=O) groups excluding carboxylic acids is 2. The minimum atomic E-state index is -0.389. The molecule has 1 aromatic carbocycles. The van der Waals surface area contributed by atoms with Crippen LogP contribution in [-0.2, 0) is 4.79 Å². The number of nitrogens with zero attached hydrogens (tertiary/aromatic N) is 5. The minimum absolute atomic E-state index is 0.00271. The number of hydrogen-bond donors (Lipinski definition) is 2. The average Bonchev–Trinajstić information content (AvgIpc) is 2.79. The second-order valence-electron chi connectivity index (χ2n) is 6.52. The van der Waals surface area contributed by atoms with Crippen LogP contribution in [0.25, 0.3) is 0 Å². The van der Waals surface area contributed by atoms with Crippen LogP contribution in [-0.4, -0.2) is 66.1 Å². The Bertz CT molecular complexity index is 876. The molecule has 2 aromatic rings. The van der Waals surface area contributed by atoms with Gasteiger partial charge in [-0.05, 0) is 30.3 Å². The number of carbonyl (C=O) groups is 2. The Labute approximate surface area is 174 Å². The van der Waals surface area contributed by atoms with Crippen molar-refractivity contribution in [3.8, 4) is 11.8 Å². The van der Waals surface area contributed by atoms with Crippen molar-refractivity contribution in [3.05, 3.63) is 42.7 Å². The molecule has 156 valence electrons. The Morgan fingerprint density at radius 1 is 1.10 bits per heavy atom. The maximum atomic E-state index is 12.4. The molecule has 10 nitrogen and oxygen atoms in total. The molecule has 3 rings (SSSR count). The summed E-state index contributed by atoms with van der Waals surface area (Å²) in [7, 11) is 0. The highest BCUT2D eigenvalue weighted by Crippen LogP contribution is 2.15. The topological polar surface area (TPSA) is 123 Å². The summed E-state index contributed by atoms with van der Waals surface area (Å²) in [5, 5.41) is 13.9. The predicted molar refractivity (Wildman–Crippen MR) is 110 cm³/mol. The van der Waals surface area contributed by atoms with Gasteiger partial charge < -0.3 is 25.2 Å². The van der Waals surface area contributed by atoms with E-state index in [4.69, 9.17) is 10.00 Å². The lowest BCUT2D eigenvalue weighted by Gasteiger charge is -2.34. The van der Waals surface area contributed by atoms with Gasteiger partial charge in [0.2, 0.25) is 11.9 Å². The van der Waals surface area contributed by atoms with Gasteiger partial charge in [-0.15, -0.1) is 0 Å². The lowest BCUT2D eigenvalue weighted by Crippen LogP contribution is -2.49. The van der Waals surface area contributed by atoms with Crippen molar-refractivity contribution in [3.63, 3.8) is 0 Å². The van der Waals surface area contributed by atoms with Crippen molar-refractivity contribution in [1.29, 1.82) is 5.26 Å². The van der Waals surface area contributed by atoms with Gasteiger partial charge in [-0.2, -0.15) is 5.26 Å². The average molecular weight is 409 g/mol. The molecule has 2 N–H and O–H groups in total. The van der Waals surface area contributed by atoms with Crippen LogP contribution in [0.15, 0.2) is 42.7 Å². The monoisotopic (exact) mass is 409 g/mol. The van der Waals surface area contributed by atoms with Crippen molar-refractivity contribution in [2.75, 3.05) is 49.5 Å². The molecule has 2 heterocycles. The first kappa shape index (κ1) is 20.9. The molecule has 0 radical (unpaired) electrons. The van der Waals surface area contributed by atoms with Gasteiger partial charge in [-0.25, -0.2) is 14.8 Å². The highest BCUT2D eigenvalue weighted by molar-refractivity contribution is 5.89. The van der Waals surface area contributed by atoms with Crippen LogP contribution >= 0.6 is 0 Å². The zero-order valence-corrected chi connectivity index (χ0v) is 16.5. The lowest BCUT2D eigenvalue weighted by molar-refractivity contribution is -0.131. The molecule has 0 atom stereocenters. The van der Waals surface area contributed by atoms with E-state index in [1.165, 1.54) is 0 Å². The Morgan fingerprint density at radius 2 is 1.80 bits per heavy atom. The van der Waals surface area contributed by atoms with Crippen LogP contribution in [0.5, 0.6) is 5.75 Å². The number of nitrogens with one attached hydrogen (secondary N) is 2. The maximum Gasteiger partial charge on any atom is 0.319 e. The van der Waals surface area contributed by atoms with E-state index in [-0.39, 0.29) is 31.5 Å². The zero-order chi connectivity index (χ0) is 21.2.